The molecule has 0 aliphatic rings. The number of urea groups is 3. The number of halogens is 1. The molecule has 3 aromatic heterocycles. The van der Waals surface area contributed by atoms with E-state index in [0.29, 0.717) is 23.2 Å². The van der Waals surface area contributed by atoms with Gasteiger partial charge in [-0.3, -0.25) is 26.1 Å². The number of hydrogen-bond acceptors (Lipinski definition) is 21. The molecule has 86 heavy (non-hydrogen) atoms. The normalized spacial score (nSPS) is 12.5. The summed E-state index contributed by atoms with van der Waals surface area (Å²) in [5.74, 6) is 0.139. The maximum atomic E-state index is 13.2. The van der Waals surface area contributed by atoms with Crippen molar-refractivity contribution in [1.29, 1.82) is 20.6 Å². The third kappa shape index (κ3) is 17.5. The molecule has 29 nitrogen and oxygen atoms in total. The number of nitriles is 3. The van der Waals surface area contributed by atoms with E-state index >= 15 is 0 Å². The number of para-hydroxylation sites is 1. The number of carbonyl (C=O) groups is 3. The van der Waals surface area contributed by atoms with Crippen LogP contribution in [0.25, 0.3) is 0 Å². The van der Waals surface area contributed by atoms with Gasteiger partial charge >= 0.3 is 18.1 Å². The van der Waals surface area contributed by atoms with Crippen LogP contribution >= 0.6 is 11.6 Å². The number of benzene rings is 3. The molecule has 0 radical (unpaired) electrons. The number of hydrogen-bond donors (Lipinski definition) is 7. The lowest BCUT2D eigenvalue weighted by atomic mass is 10.1. The van der Waals surface area contributed by atoms with Gasteiger partial charge in [0.15, 0.2) is 47.2 Å². The van der Waals surface area contributed by atoms with Crippen molar-refractivity contribution >= 4 is 92.6 Å². The van der Waals surface area contributed by atoms with Crippen LogP contribution in [0, 0.1) is 69.7 Å². The van der Waals surface area contributed by atoms with E-state index in [9.17, 15) is 61.3 Å². The highest BCUT2D eigenvalue weighted by Crippen LogP contribution is 2.28. The van der Waals surface area contributed by atoms with Gasteiger partial charge in [-0.05, 0) is 87.2 Å². The summed E-state index contributed by atoms with van der Waals surface area (Å²) in [6, 6.07) is 24.7. The maximum Gasteiger partial charge on any atom is 0.333 e. The molecule has 7 N–H and O–H groups in total. The number of nitro benzene ring substituents is 1. The van der Waals surface area contributed by atoms with Crippen molar-refractivity contribution in [2.24, 2.45) is 8.73 Å². The van der Waals surface area contributed by atoms with Crippen LogP contribution in [0.3, 0.4) is 0 Å². The average Bonchev–Trinajstić information content (AvgIpc) is 1.56. The van der Waals surface area contributed by atoms with Crippen molar-refractivity contribution < 1.29 is 49.8 Å². The largest absolute Gasteiger partial charge is 0.481 e. The maximum absolute atomic E-state index is 13.2. The number of nitrogens with zero attached hydrogens (tertiary/aromatic N) is 10. The number of aromatic nitrogens is 3. The van der Waals surface area contributed by atoms with E-state index in [1.165, 1.54) is 82.9 Å². The summed E-state index contributed by atoms with van der Waals surface area (Å²) in [5, 5.41) is 46.5. The number of sulfonamides is 1. The van der Waals surface area contributed by atoms with E-state index in [1.807, 2.05) is 23.8 Å². The first kappa shape index (κ1) is 70.7. The highest BCUT2D eigenvalue weighted by molar-refractivity contribution is 7.93. The van der Waals surface area contributed by atoms with Crippen LogP contribution in [0.15, 0.2) is 119 Å². The van der Waals surface area contributed by atoms with Gasteiger partial charge in [0.1, 0.15) is 28.0 Å². The van der Waals surface area contributed by atoms with E-state index in [1.54, 1.807) is 58.0 Å². The molecular formula is C52H60ClN17O12S4. The van der Waals surface area contributed by atoms with E-state index < -0.39 is 68.5 Å². The molecule has 0 spiro atoms. The summed E-state index contributed by atoms with van der Waals surface area (Å²) in [6.45, 7) is 8.84. The smallest absolute Gasteiger partial charge is 0.333 e. The predicted molar refractivity (Wildman–Crippen MR) is 322 cm³/mol. The molecule has 0 saturated carbocycles. The average molecular weight is 1280 g/mol. The zero-order valence-electron chi connectivity index (χ0n) is 47.0. The first-order valence-electron chi connectivity index (χ1n) is 24.3. The number of amides is 6. The standard InChI is InChI=1S/C18H20ClN5O2S.C17H20N6O5S2.C16H16N6O5S.CH4/c1-4-13-10-12(3)22-17(14(13)11-20)23-18(25)24-27(26,21-5-2)16-9-7-6-8-15(16)19;1-11-9-15(28-4)20-16(12(11)10-18)21-17(24)22-29(19,25)13-7-5-6-8-14(13)30(26,27)23(2)3;1-10-8-14(27-3)19-15(11(10)9-17)20-16(23)21-28(26,18-2)13-7-5-4-6-12(13)22(24)25;/h6-10H,4-5H2,1-3H3,(H2,21,22,23,24,25,26);5-9H,1-4H3,(H3,19,20,21,22,24,25);4-8H,1-3H3,(H2,18,19,20,21,23,26);1H4. The second-order valence-electron chi connectivity index (χ2n) is 17.0. The van der Waals surface area contributed by atoms with Crippen LogP contribution in [0.5, 0.6) is 11.8 Å². The van der Waals surface area contributed by atoms with Crippen LogP contribution in [-0.2, 0) is 46.2 Å². The van der Waals surface area contributed by atoms with Crippen molar-refractivity contribution in [1.82, 2.24) is 33.4 Å². The fourth-order valence-electron chi connectivity index (χ4n) is 7.17. The number of carbonyl (C=O) groups excluding carboxylic acids is 3. The van der Waals surface area contributed by atoms with E-state index in [-0.39, 0.29) is 84.5 Å². The van der Waals surface area contributed by atoms with Gasteiger partial charge in [0.2, 0.25) is 21.8 Å². The van der Waals surface area contributed by atoms with Gasteiger partial charge in [-0.25, -0.2) is 72.4 Å². The van der Waals surface area contributed by atoms with Gasteiger partial charge in [-0.15, -0.1) is 0 Å². The minimum atomic E-state index is -4.08. The Morgan fingerprint density at radius 1 is 0.674 bits per heavy atom. The lowest BCUT2D eigenvalue weighted by Gasteiger charge is -2.17. The van der Waals surface area contributed by atoms with Crippen LogP contribution in [0.2, 0.25) is 5.02 Å². The number of pyridine rings is 3. The van der Waals surface area contributed by atoms with Crippen molar-refractivity contribution in [3.63, 3.8) is 0 Å². The van der Waals surface area contributed by atoms with E-state index in [4.69, 9.17) is 25.9 Å². The Labute approximate surface area is 503 Å². The second kappa shape index (κ2) is 30.8. The molecule has 0 saturated heterocycles. The number of nitrogens with one attached hydrogen (secondary N) is 7. The number of nitro groups is 1. The molecule has 3 aromatic carbocycles. The van der Waals surface area contributed by atoms with Crippen LogP contribution in [0.1, 0.15) is 60.3 Å². The molecule has 6 amide bonds. The minimum absolute atomic E-state index is 0. The van der Waals surface area contributed by atoms with Crippen LogP contribution < -0.4 is 39.6 Å². The fourth-order valence-corrected chi connectivity index (χ4v) is 13.3. The van der Waals surface area contributed by atoms with Crippen molar-refractivity contribution in [2.45, 2.75) is 68.0 Å². The van der Waals surface area contributed by atoms with Crippen molar-refractivity contribution in [3.8, 4) is 30.0 Å². The Bertz CT molecular complexity index is 4210. The van der Waals surface area contributed by atoms with Gasteiger partial charge in [0.25, 0.3) is 5.69 Å². The molecule has 3 atom stereocenters. The van der Waals surface area contributed by atoms with Crippen molar-refractivity contribution in [3.05, 3.63) is 145 Å². The molecule has 0 bridgehead atoms. The van der Waals surface area contributed by atoms with Gasteiger partial charge in [0.05, 0.1) is 50.6 Å². The van der Waals surface area contributed by atoms with E-state index in [0.717, 1.165) is 23.0 Å². The molecule has 6 aromatic rings. The van der Waals surface area contributed by atoms with Crippen LogP contribution in [0.4, 0.5) is 37.5 Å². The molecule has 0 aliphatic heterocycles. The monoisotopic (exact) mass is 1280 g/mol. The fraction of sp³-hybridized carbons (Fsp3) is 0.250. The molecule has 3 unspecified atom stereocenters. The molecule has 3 heterocycles. The van der Waals surface area contributed by atoms with Gasteiger partial charge < -0.3 is 9.47 Å². The molecule has 456 valence electrons. The quantitative estimate of drug-likeness (QED) is 0.0351. The summed E-state index contributed by atoms with van der Waals surface area (Å²) in [4.78, 5) is 59.2. The lowest BCUT2D eigenvalue weighted by molar-refractivity contribution is -0.387. The number of ether oxygens (including phenoxy) is 2. The molecule has 6 rings (SSSR count). The minimum Gasteiger partial charge on any atom is -0.481 e. The molecule has 0 fully saturated rings. The number of rotatable bonds is 16. The lowest BCUT2D eigenvalue weighted by Crippen LogP contribution is -2.35. The highest BCUT2D eigenvalue weighted by atomic mass is 35.5. The first-order chi connectivity index (χ1) is 40.0. The first-order valence-corrected chi connectivity index (χ1v) is 30.7. The van der Waals surface area contributed by atoms with E-state index in [2.05, 4.69) is 55.1 Å². The summed E-state index contributed by atoms with van der Waals surface area (Å²) >= 11 is 6.13. The zero-order valence-corrected chi connectivity index (χ0v) is 51.0. The van der Waals surface area contributed by atoms with Crippen LogP contribution in [-0.4, -0.2) is 105 Å². The van der Waals surface area contributed by atoms with Gasteiger partial charge in [-0.1, -0.05) is 62.3 Å². The third-order valence-electron chi connectivity index (χ3n) is 11.1. The Morgan fingerprint density at radius 3 is 1.53 bits per heavy atom. The molecular weight excluding hydrogens is 1220 g/mol. The Kier molecular flexibility index (Phi) is 25.3. The molecule has 0 aliphatic carbocycles. The van der Waals surface area contributed by atoms with Gasteiger partial charge in [-0.2, -0.15) is 25.8 Å². The summed E-state index contributed by atoms with van der Waals surface area (Å²) in [7, 11) is -8.59. The van der Waals surface area contributed by atoms with Gasteiger partial charge in [0, 0.05) is 51.6 Å². The SMILES string of the molecule is C.CCN=S(=O)(NC(=O)Nc1nc(C)cc(CC)c1C#N)c1ccccc1Cl.CN=S(=O)(NC(=O)Nc1nc(OC)cc(C)c1C#N)c1ccccc1[N+](=O)[O-].COc1cc(C)c(C#N)c(NC(=O)NS(=N)(=O)c2ccccc2S(=O)(=O)N(C)C)n1. The van der Waals surface area contributed by atoms with Crippen molar-refractivity contribution in [2.75, 3.05) is 57.9 Å². The Balaban J connectivity index is 0.000000336. The Hall–Kier alpha value is -9.56. The summed E-state index contributed by atoms with van der Waals surface area (Å²) in [6.07, 6.45) is 0.615. The highest BCUT2D eigenvalue weighted by Gasteiger charge is 2.29. The number of aryl methyl sites for hydroxylation is 4. The zero-order chi connectivity index (χ0) is 63.6. The third-order valence-corrected chi connectivity index (χ3v) is 19.0. The second-order valence-corrected chi connectivity index (χ2v) is 25.3. The number of anilines is 3. The summed E-state index contributed by atoms with van der Waals surface area (Å²) < 4.78 is 97.4. The topological polar surface area (TPSA) is 432 Å². The number of methoxy groups -OCH3 is 2. The molecule has 34 heteroatoms. The predicted octanol–water partition coefficient (Wildman–Crippen LogP) is 8.73. The Morgan fingerprint density at radius 2 is 1.10 bits per heavy atom. The summed E-state index contributed by atoms with van der Waals surface area (Å²) in [5.41, 5.74) is 2.37.